The zero-order valence-corrected chi connectivity index (χ0v) is 11.6. The van der Waals surface area contributed by atoms with Gasteiger partial charge in [0.1, 0.15) is 5.75 Å². The van der Waals surface area contributed by atoms with Gasteiger partial charge in [0, 0.05) is 23.0 Å². The van der Waals surface area contributed by atoms with Crippen LogP contribution in [0.15, 0.2) is 18.2 Å². The number of nitro groups is 1. The summed E-state index contributed by atoms with van der Waals surface area (Å²) in [5.74, 6) is 1.20. The van der Waals surface area contributed by atoms with Gasteiger partial charge in [0.05, 0.1) is 11.5 Å². The number of hydrogen-bond donors (Lipinski definition) is 0. The Kier molecular flexibility index (Phi) is 5.41. The van der Waals surface area contributed by atoms with Crippen LogP contribution in [0.1, 0.15) is 25.8 Å². The quantitative estimate of drug-likeness (QED) is 0.455. The first-order valence-electron chi connectivity index (χ1n) is 5.54. The van der Waals surface area contributed by atoms with Gasteiger partial charge in [-0.25, -0.2) is 0 Å². The van der Waals surface area contributed by atoms with Crippen molar-refractivity contribution in [2.24, 2.45) is 5.92 Å². The average molecular weight is 302 g/mol. The molecular weight excluding hydrogens is 286 g/mol. The molecule has 1 unspecified atom stereocenters. The third kappa shape index (κ3) is 4.00. The lowest BCUT2D eigenvalue weighted by molar-refractivity contribution is -0.384. The smallest absolute Gasteiger partial charge is 0.270 e. The molecule has 94 valence electrons. The number of ether oxygens (including phenoxy) is 1. The van der Waals surface area contributed by atoms with Crippen LogP contribution in [0, 0.1) is 16.0 Å². The molecule has 1 aromatic carbocycles. The van der Waals surface area contributed by atoms with Crippen molar-refractivity contribution in [3.05, 3.63) is 33.9 Å². The lowest BCUT2D eigenvalue weighted by Crippen LogP contribution is -2.08. The molecule has 0 aliphatic carbocycles. The number of rotatable bonds is 6. The van der Waals surface area contributed by atoms with Crippen molar-refractivity contribution in [2.45, 2.75) is 25.6 Å². The fourth-order valence-corrected chi connectivity index (χ4v) is 1.71. The Bertz CT molecular complexity index is 395. The van der Waals surface area contributed by atoms with Gasteiger partial charge in [0.15, 0.2) is 0 Å². The van der Waals surface area contributed by atoms with Crippen LogP contribution in [0.4, 0.5) is 5.69 Å². The highest BCUT2D eigenvalue weighted by Gasteiger charge is 2.11. The van der Waals surface area contributed by atoms with Crippen LogP contribution in [-0.4, -0.2) is 11.5 Å². The van der Waals surface area contributed by atoms with Gasteiger partial charge in [-0.1, -0.05) is 36.2 Å². The molecule has 4 nitrogen and oxygen atoms in total. The molecule has 1 atom stereocenters. The van der Waals surface area contributed by atoms with E-state index in [1.54, 1.807) is 12.1 Å². The summed E-state index contributed by atoms with van der Waals surface area (Å²) < 4.78 is 5.66. The number of benzene rings is 1. The fourth-order valence-electron chi connectivity index (χ4n) is 1.27. The largest absolute Gasteiger partial charge is 0.493 e. The maximum atomic E-state index is 10.6. The predicted molar refractivity (Wildman–Crippen MR) is 70.7 cm³/mol. The third-order valence-electron chi connectivity index (χ3n) is 2.62. The van der Waals surface area contributed by atoms with Gasteiger partial charge in [-0.2, -0.15) is 0 Å². The van der Waals surface area contributed by atoms with Crippen LogP contribution < -0.4 is 4.74 Å². The van der Waals surface area contributed by atoms with Gasteiger partial charge < -0.3 is 4.74 Å². The number of alkyl halides is 1. The zero-order chi connectivity index (χ0) is 12.8. The normalized spacial score (nSPS) is 12.2. The van der Waals surface area contributed by atoms with Crippen LogP contribution in [-0.2, 0) is 5.33 Å². The molecule has 0 saturated carbocycles. The van der Waals surface area contributed by atoms with Gasteiger partial charge in [-0.3, -0.25) is 10.1 Å². The number of nitrogens with zero attached hydrogens (tertiary/aromatic N) is 1. The van der Waals surface area contributed by atoms with Gasteiger partial charge in [0.25, 0.3) is 5.69 Å². The van der Waals surface area contributed by atoms with Crippen LogP contribution >= 0.6 is 15.9 Å². The zero-order valence-electron chi connectivity index (χ0n) is 9.98. The van der Waals surface area contributed by atoms with E-state index in [9.17, 15) is 10.1 Å². The first-order valence-corrected chi connectivity index (χ1v) is 6.66. The summed E-state index contributed by atoms with van der Waals surface area (Å²) in [7, 11) is 0. The Morgan fingerprint density at radius 2 is 2.24 bits per heavy atom. The number of halogens is 1. The summed E-state index contributed by atoms with van der Waals surface area (Å²) in [4.78, 5) is 10.2. The second-order valence-corrected chi connectivity index (χ2v) is 4.57. The summed E-state index contributed by atoms with van der Waals surface area (Å²) in [6, 6.07) is 4.68. The van der Waals surface area contributed by atoms with Crippen molar-refractivity contribution in [3.63, 3.8) is 0 Å². The first kappa shape index (κ1) is 14.0. The van der Waals surface area contributed by atoms with Crippen molar-refractivity contribution in [3.8, 4) is 5.75 Å². The Balaban J connectivity index is 2.82. The molecule has 5 heteroatoms. The highest BCUT2D eigenvalue weighted by atomic mass is 79.9. The maximum Gasteiger partial charge on any atom is 0.270 e. The van der Waals surface area contributed by atoms with Crippen molar-refractivity contribution >= 4 is 21.6 Å². The summed E-state index contributed by atoms with van der Waals surface area (Å²) in [6.45, 7) is 4.85. The molecule has 0 saturated heterocycles. The summed E-state index contributed by atoms with van der Waals surface area (Å²) >= 11 is 3.31. The van der Waals surface area contributed by atoms with Crippen LogP contribution in [0.3, 0.4) is 0 Å². The van der Waals surface area contributed by atoms with E-state index >= 15 is 0 Å². The Morgan fingerprint density at radius 1 is 1.53 bits per heavy atom. The minimum atomic E-state index is -0.398. The fraction of sp³-hybridized carbons (Fsp3) is 0.500. The highest BCUT2D eigenvalue weighted by molar-refractivity contribution is 9.08. The lowest BCUT2D eigenvalue weighted by atomic mass is 10.1. The topological polar surface area (TPSA) is 52.4 Å². The van der Waals surface area contributed by atoms with E-state index in [-0.39, 0.29) is 5.69 Å². The van der Waals surface area contributed by atoms with Gasteiger partial charge in [-0.15, -0.1) is 0 Å². The van der Waals surface area contributed by atoms with E-state index in [0.29, 0.717) is 23.6 Å². The molecule has 0 heterocycles. The van der Waals surface area contributed by atoms with Crippen molar-refractivity contribution in [1.82, 2.24) is 0 Å². The minimum absolute atomic E-state index is 0.0929. The average Bonchev–Trinajstić information content (AvgIpc) is 2.35. The summed E-state index contributed by atoms with van der Waals surface area (Å²) in [6.07, 6.45) is 1.05. The molecule has 0 spiro atoms. The van der Waals surface area contributed by atoms with E-state index in [0.717, 1.165) is 12.0 Å². The van der Waals surface area contributed by atoms with E-state index < -0.39 is 4.92 Å². The molecule has 0 bridgehead atoms. The third-order valence-corrected chi connectivity index (χ3v) is 3.22. The predicted octanol–water partition coefficient (Wildman–Crippen LogP) is 3.91. The SMILES string of the molecule is CCC(C)COc1ccc([N+](=O)[O-])cc1CBr. The van der Waals surface area contributed by atoms with Crippen LogP contribution in [0.2, 0.25) is 0 Å². The van der Waals surface area contributed by atoms with E-state index in [4.69, 9.17) is 4.74 Å². The minimum Gasteiger partial charge on any atom is -0.493 e. The van der Waals surface area contributed by atoms with E-state index in [1.807, 2.05) is 0 Å². The van der Waals surface area contributed by atoms with E-state index in [1.165, 1.54) is 6.07 Å². The molecule has 0 radical (unpaired) electrons. The van der Waals surface area contributed by atoms with Crippen LogP contribution in [0.25, 0.3) is 0 Å². The monoisotopic (exact) mass is 301 g/mol. The van der Waals surface area contributed by atoms with Crippen LogP contribution in [0.5, 0.6) is 5.75 Å². The molecule has 17 heavy (non-hydrogen) atoms. The number of hydrogen-bond acceptors (Lipinski definition) is 3. The highest BCUT2D eigenvalue weighted by Crippen LogP contribution is 2.26. The molecule has 1 aromatic rings. The standard InChI is InChI=1S/C12H16BrNO3/c1-3-9(2)8-17-12-5-4-11(14(15)16)6-10(12)7-13/h4-6,9H,3,7-8H2,1-2H3. The van der Waals surface area contributed by atoms with Crippen molar-refractivity contribution in [1.29, 1.82) is 0 Å². The maximum absolute atomic E-state index is 10.6. The molecule has 0 amide bonds. The van der Waals surface area contributed by atoms with Crippen molar-refractivity contribution in [2.75, 3.05) is 6.61 Å². The Hall–Kier alpha value is -1.10. The lowest BCUT2D eigenvalue weighted by Gasteiger charge is -2.13. The molecule has 0 aromatic heterocycles. The molecular formula is C12H16BrNO3. The molecule has 1 rings (SSSR count). The van der Waals surface area contributed by atoms with Gasteiger partial charge in [-0.05, 0) is 12.0 Å². The van der Waals surface area contributed by atoms with Gasteiger partial charge >= 0.3 is 0 Å². The summed E-state index contributed by atoms with van der Waals surface area (Å²) in [5, 5.41) is 11.2. The van der Waals surface area contributed by atoms with Crippen molar-refractivity contribution < 1.29 is 9.66 Å². The molecule has 0 aliphatic heterocycles. The van der Waals surface area contributed by atoms with Gasteiger partial charge in [0.2, 0.25) is 0 Å². The molecule has 0 aliphatic rings. The second kappa shape index (κ2) is 6.59. The summed E-state index contributed by atoms with van der Waals surface area (Å²) in [5.41, 5.74) is 0.901. The number of non-ortho nitro benzene ring substituents is 1. The first-order chi connectivity index (χ1) is 8.08. The Labute approximate surface area is 109 Å². The molecule has 0 fully saturated rings. The van der Waals surface area contributed by atoms with E-state index in [2.05, 4.69) is 29.8 Å². The molecule has 0 N–H and O–H groups in total. The second-order valence-electron chi connectivity index (χ2n) is 4.01. The number of nitro benzene ring substituents is 1. The Morgan fingerprint density at radius 3 is 2.76 bits per heavy atom.